The van der Waals surface area contributed by atoms with Gasteiger partial charge >= 0.3 is 0 Å². The second-order valence-corrected chi connectivity index (χ2v) is 3.88. The molecule has 0 aromatic heterocycles. The summed E-state index contributed by atoms with van der Waals surface area (Å²) in [5, 5.41) is 0. The molecule has 1 heterocycles. The van der Waals surface area contributed by atoms with Crippen molar-refractivity contribution in [2.75, 3.05) is 0 Å². The largest absolute Gasteiger partial charge is 0.482 e. The number of rotatable bonds is 1. The number of allylic oxidation sites excluding steroid dienone is 2. The van der Waals surface area contributed by atoms with Crippen molar-refractivity contribution in [2.45, 2.75) is 33.8 Å². The van der Waals surface area contributed by atoms with Gasteiger partial charge in [-0.2, -0.15) is 0 Å². The molecular weight excluding hydrogens is 164 g/mol. The minimum atomic E-state index is -0.296. The molecule has 72 valence electrons. The molecule has 1 rings (SSSR count). The monoisotopic (exact) mass is 180 g/mol. The second-order valence-electron chi connectivity index (χ2n) is 3.88. The predicted octanol–water partition coefficient (Wildman–Crippen LogP) is 2.46. The molecule has 1 unspecified atom stereocenters. The van der Waals surface area contributed by atoms with Crippen LogP contribution in [0.4, 0.5) is 0 Å². The van der Waals surface area contributed by atoms with Gasteiger partial charge in [-0.1, -0.05) is 13.8 Å². The van der Waals surface area contributed by atoms with E-state index in [0.29, 0.717) is 0 Å². The molecule has 0 spiro atoms. The first-order valence-corrected chi connectivity index (χ1v) is 4.58. The molecule has 2 nitrogen and oxygen atoms in total. The first-order valence-electron chi connectivity index (χ1n) is 4.58. The Bertz CT molecular complexity index is 268. The van der Waals surface area contributed by atoms with Crippen LogP contribution in [-0.4, -0.2) is 11.9 Å². The summed E-state index contributed by atoms with van der Waals surface area (Å²) in [5.74, 6) is 1.13. The lowest BCUT2D eigenvalue weighted by atomic mass is 10.0. The van der Waals surface area contributed by atoms with Crippen LogP contribution in [0.1, 0.15) is 27.7 Å². The van der Waals surface area contributed by atoms with E-state index in [1.807, 2.05) is 27.7 Å². The van der Waals surface area contributed by atoms with E-state index in [9.17, 15) is 4.79 Å². The van der Waals surface area contributed by atoms with Crippen LogP contribution in [0.25, 0.3) is 0 Å². The topological polar surface area (TPSA) is 26.3 Å². The zero-order valence-corrected chi connectivity index (χ0v) is 8.63. The van der Waals surface area contributed by atoms with Crippen LogP contribution in [0, 0.1) is 5.92 Å². The third-order valence-electron chi connectivity index (χ3n) is 2.03. The van der Waals surface area contributed by atoms with Gasteiger partial charge in [0.05, 0.1) is 0 Å². The number of ether oxygens (including phenoxy) is 1. The average Bonchev–Trinajstić information content (AvgIpc) is 2.04. The molecule has 0 saturated carbocycles. The Morgan fingerprint density at radius 2 is 2.00 bits per heavy atom. The summed E-state index contributed by atoms with van der Waals surface area (Å²) in [6.45, 7) is 7.94. The van der Waals surface area contributed by atoms with E-state index in [1.165, 1.54) is 0 Å². The van der Waals surface area contributed by atoms with Crippen LogP contribution < -0.4 is 0 Å². The lowest BCUT2D eigenvalue weighted by molar-refractivity contribution is -0.126. The standard InChI is InChI=1S/C11H16O2/c1-7(2)10-6-5-9(12)11(13-10)8(3)4/h5-6,8,11H,1-4H3. The van der Waals surface area contributed by atoms with Crippen molar-refractivity contribution < 1.29 is 9.53 Å². The fourth-order valence-corrected chi connectivity index (χ4v) is 1.24. The van der Waals surface area contributed by atoms with Crippen molar-refractivity contribution in [1.29, 1.82) is 0 Å². The molecular formula is C11H16O2. The molecule has 0 aromatic rings. The molecule has 0 N–H and O–H groups in total. The predicted molar refractivity (Wildman–Crippen MR) is 52.2 cm³/mol. The average molecular weight is 180 g/mol. The summed E-state index contributed by atoms with van der Waals surface area (Å²) in [6.07, 6.45) is 3.06. The van der Waals surface area contributed by atoms with Crippen LogP contribution in [0.5, 0.6) is 0 Å². The molecule has 0 saturated heterocycles. The zero-order chi connectivity index (χ0) is 10.0. The Morgan fingerprint density at radius 3 is 2.46 bits per heavy atom. The minimum Gasteiger partial charge on any atom is -0.482 e. The summed E-state index contributed by atoms with van der Waals surface area (Å²) in [5.41, 5.74) is 1.11. The van der Waals surface area contributed by atoms with Crippen LogP contribution in [0.15, 0.2) is 23.5 Å². The SMILES string of the molecule is CC(C)=C1C=CC(=O)C(C(C)C)O1. The Labute approximate surface area is 79.3 Å². The number of hydrogen-bond donors (Lipinski definition) is 0. The van der Waals surface area contributed by atoms with E-state index in [0.717, 1.165) is 11.3 Å². The Balaban J connectivity index is 2.90. The van der Waals surface area contributed by atoms with Crippen molar-refractivity contribution in [3.05, 3.63) is 23.5 Å². The molecule has 0 bridgehead atoms. The van der Waals surface area contributed by atoms with Gasteiger partial charge in [0.15, 0.2) is 11.9 Å². The van der Waals surface area contributed by atoms with Gasteiger partial charge in [-0.25, -0.2) is 0 Å². The fourth-order valence-electron chi connectivity index (χ4n) is 1.24. The molecule has 1 aliphatic heterocycles. The fraction of sp³-hybridized carbons (Fsp3) is 0.545. The van der Waals surface area contributed by atoms with E-state index in [-0.39, 0.29) is 17.8 Å². The number of carbonyl (C=O) groups excluding carboxylic acids is 1. The lowest BCUT2D eigenvalue weighted by Crippen LogP contribution is -2.30. The van der Waals surface area contributed by atoms with E-state index in [4.69, 9.17) is 4.74 Å². The molecule has 1 atom stereocenters. The maximum atomic E-state index is 11.4. The normalized spacial score (nSPS) is 22.1. The third-order valence-corrected chi connectivity index (χ3v) is 2.03. The van der Waals surface area contributed by atoms with Gasteiger partial charge in [-0.05, 0) is 37.5 Å². The van der Waals surface area contributed by atoms with Gasteiger partial charge in [0.2, 0.25) is 0 Å². The van der Waals surface area contributed by atoms with Crippen molar-refractivity contribution in [1.82, 2.24) is 0 Å². The summed E-state index contributed by atoms with van der Waals surface area (Å²) in [6, 6.07) is 0. The molecule has 0 amide bonds. The van der Waals surface area contributed by atoms with E-state index < -0.39 is 0 Å². The highest BCUT2D eigenvalue weighted by atomic mass is 16.5. The van der Waals surface area contributed by atoms with E-state index in [2.05, 4.69) is 0 Å². The smallest absolute Gasteiger partial charge is 0.196 e. The van der Waals surface area contributed by atoms with Crippen LogP contribution in [0.3, 0.4) is 0 Å². The van der Waals surface area contributed by atoms with Gasteiger partial charge in [0.1, 0.15) is 5.76 Å². The number of ketones is 1. The van der Waals surface area contributed by atoms with Crippen LogP contribution in [0.2, 0.25) is 0 Å². The Morgan fingerprint density at radius 1 is 1.38 bits per heavy atom. The molecule has 2 heteroatoms. The molecule has 13 heavy (non-hydrogen) atoms. The van der Waals surface area contributed by atoms with Gasteiger partial charge in [0, 0.05) is 0 Å². The van der Waals surface area contributed by atoms with Gasteiger partial charge in [0.25, 0.3) is 0 Å². The highest BCUT2D eigenvalue weighted by Crippen LogP contribution is 2.20. The highest BCUT2D eigenvalue weighted by Gasteiger charge is 2.25. The Hall–Kier alpha value is -1.05. The summed E-state index contributed by atoms with van der Waals surface area (Å²) < 4.78 is 5.56. The zero-order valence-electron chi connectivity index (χ0n) is 8.63. The number of hydrogen-bond acceptors (Lipinski definition) is 2. The van der Waals surface area contributed by atoms with Crippen LogP contribution >= 0.6 is 0 Å². The van der Waals surface area contributed by atoms with Gasteiger partial charge in [-0.3, -0.25) is 4.79 Å². The van der Waals surface area contributed by atoms with Crippen molar-refractivity contribution in [2.24, 2.45) is 5.92 Å². The van der Waals surface area contributed by atoms with E-state index in [1.54, 1.807) is 12.2 Å². The van der Waals surface area contributed by atoms with Crippen LogP contribution in [-0.2, 0) is 9.53 Å². The second kappa shape index (κ2) is 3.77. The maximum absolute atomic E-state index is 11.4. The van der Waals surface area contributed by atoms with E-state index >= 15 is 0 Å². The van der Waals surface area contributed by atoms with Gasteiger partial charge in [-0.15, -0.1) is 0 Å². The van der Waals surface area contributed by atoms with Crippen molar-refractivity contribution in [3.8, 4) is 0 Å². The molecule has 1 aliphatic rings. The van der Waals surface area contributed by atoms with Crippen molar-refractivity contribution in [3.63, 3.8) is 0 Å². The molecule has 0 aliphatic carbocycles. The summed E-state index contributed by atoms with van der Waals surface area (Å²) >= 11 is 0. The quantitative estimate of drug-likeness (QED) is 0.619. The maximum Gasteiger partial charge on any atom is 0.196 e. The van der Waals surface area contributed by atoms with Gasteiger partial charge < -0.3 is 4.74 Å². The lowest BCUT2D eigenvalue weighted by Gasteiger charge is -2.24. The molecule has 0 radical (unpaired) electrons. The number of carbonyl (C=O) groups is 1. The first-order chi connectivity index (χ1) is 6.02. The third kappa shape index (κ3) is 2.20. The highest BCUT2D eigenvalue weighted by molar-refractivity contribution is 5.95. The molecule has 0 fully saturated rings. The first kappa shape index (κ1) is 10.0. The summed E-state index contributed by atoms with van der Waals surface area (Å²) in [7, 11) is 0. The molecule has 0 aromatic carbocycles. The minimum absolute atomic E-state index is 0.0694. The Kier molecular flexibility index (Phi) is 2.91. The van der Waals surface area contributed by atoms with Crippen molar-refractivity contribution >= 4 is 5.78 Å². The summed E-state index contributed by atoms with van der Waals surface area (Å²) in [4.78, 5) is 11.4.